The summed E-state index contributed by atoms with van der Waals surface area (Å²) in [7, 11) is 0. The van der Waals surface area contributed by atoms with Crippen molar-refractivity contribution in [2.45, 2.75) is 31.1 Å². The summed E-state index contributed by atoms with van der Waals surface area (Å²) in [6.45, 7) is 0. The molecular formula is C14H13NO5. The predicted molar refractivity (Wildman–Crippen MR) is 69.3 cm³/mol. The van der Waals surface area contributed by atoms with E-state index in [1.54, 1.807) is 0 Å². The quantitative estimate of drug-likeness (QED) is 0.361. The summed E-state index contributed by atoms with van der Waals surface area (Å²) < 4.78 is 0. The molecule has 0 atom stereocenters. The summed E-state index contributed by atoms with van der Waals surface area (Å²) in [4.78, 5) is 46.0. The van der Waals surface area contributed by atoms with Crippen molar-refractivity contribution in [1.29, 1.82) is 0 Å². The molecule has 0 unspecified atom stereocenters. The zero-order valence-electron chi connectivity index (χ0n) is 10.7. The fourth-order valence-electron chi connectivity index (χ4n) is 2.75. The molecule has 1 fully saturated rings. The molecule has 1 aromatic rings. The number of aldehydes is 1. The molecule has 0 aromatic heterocycles. The number of nitro benzene ring substituents is 1. The molecule has 1 aromatic carbocycles. The van der Waals surface area contributed by atoms with Gasteiger partial charge in [0.15, 0.2) is 11.6 Å². The van der Waals surface area contributed by atoms with Crippen molar-refractivity contribution >= 4 is 23.5 Å². The molecule has 20 heavy (non-hydrogen) atoms. The summed E-state index contributed by atoms with van der Waals surface area (Å²) in [5.41, 5.74) is -1.94. The van der Waals surface area contributed by atoms with E-state index in [0.29, 0.717) is 12.7 Å². The average Bonchev–Trinajstić information content (AvgIpc) is 2.43. The van der Waals surface area contributed by atoms with Gasteiger partial charge in [0.2, 0.25) is 0 Å². The lowest BCUT2D eigenvalue weighted by Crippen LogP contribution is -2.47. The zero-order valence-corrected chi connectivity index (χ0v) is 10.7. The maximum atomic E-state index is 12.3. The van der Waals surface area contributed by atoms with Gasteiger partial charge in [0.05, 0.1) is 10.5 Å². The normalized spacial score (nSPS) is 17.8. The third kappa shape index (κ3) is 2.03. The van der Waals surface area contributed by atoms with Gasteiger partial charge in [0.1, 0.15) is 11.7 Å². The molecule has 0 saturated heterocycles. The second kappa shape index (κ2) is 5.32. The third-order valence-electron chi connectivity index (χ3n) is 3.71. The molecule has 1 aliphatic rings. The molecule has 6 heteroatoms. The molecule has 0 amide bonds. The van der Waals surface area contributed by atoms with Crippen LogP contribution in [0.3, 0.4) is 0 Å². The van der Waals surface area contributed by atoms with Gasteiger partial charge >= 0.3 is 0 Å². The summed E-state index contributed by atoms with van der Waals surface area (Å²) in [6, 6.07) is 5.64. The Balaban J connectivity index is 2.70. The minimum absolute atomic E-state index is 0.0341. The average molecular weight is 275 g/mol. The van der Waals surface area contributed by atoms with Gasteiger partial charge < -0.3 is 4.79 Å². The van der Waals surface area contributed by atoms with Crippen LogP contribution in [0.2, 0.25) is 0 Å². The van der Waals surface area contributed by atoms with Crippen molar-refractivity contribution in [3.8, 4) is 0 Å². The van der Waals surface area contributed by atoms with Crippen molar-refractivity contribution in [1.82, 2.24) is 0 Å². The van der Waals surface area contributed by atoms with Crippen LogP contribution in [-0.2, 0) is 19.8 Å². The summed E-state index contributed by atoms with van der Waals surface area (Å²) in [5.74, 6) is -0.815. The summed E-state index contributed by atoms with van der Waals surface area (Å²) in [5, 5.41) is 11.1. The second-order valence-electron chi connectivity index (χ2n) is 4.75. The minimum atomic E-state index is -1.68. The van der Waals surface area contributed by atoms with E-state index >= 15 is 0 Å². The molecule has 2 rings (SSSR count). The maximum absolute atomic E-state index is 12.3. The first-order valence-corrected chi connectivity index (χ1v) is 6.28. The lowest BCUT2D eigenvalue weighted by Gasteiger charge is -2.32. The van der Waals surface area contributed by atoms with E-state index in [1.807, 2.05) is 0 Å². The monoisotopic (exact) mass is 275 g/mol. The van der Waals surface area contributed by atoms with E-state index in [9.17, 15) is 24.5 Å². The first-order chi connectivity index (χ1) is 9.54. The largest absolute Gasteiger partial charge is 0.303 e. The van der Waals surface area contributed by atoms with E-state index in [2.05, 4.69) is 0 Å². The van der Waals surface area contributed by atoms with Crippen LogP contribution in [0.5, 0.6) is 0 Å². The van der Waals surface area contributed by atoms with Crippen LogP contribution in [0.4, 0.5) is 5.69 Å². The number of carbonyl (C=O) groups is 3. The number of hydrogen-bond donors (Lipinski definition) is 0. The summed E-state index contributed by atoms with van der Waals surface area (Å²) in [6.07, 6.45) is 0.892. The summed E-state index contributed by atoms with van der Waals surface area (Å²) >= 11 is 0. The highest BCUT2D eigenvalue weighted by molar-refractivity contribution is 6.16. The van der Waals surface area contributed by atoms with Crippen LogP contribution in [0, 0.1) is 10.1 Å². The molecule has 0 aliphatic heterocycles. The number of carbonyl (C=O) groups excluding carboxylic acids is 3. The Labute approximate surface area is 114 Å². The fourth-order valence-corrected chi connectivity index (χ4v) is 2.75. The highest BCUT2D eigenvalue weighted by atomic mass is 16.6. The van der Waals surface area contributed by atoms with Gasteiger partial charge in [0, 0.05) is 25.3 Å². The number of nitrogens with zero attached hydrogens (tertiary/aromatic N) is 1. The first-order valence-electron chi connectivity index (χ1n) is 6.28. The molecule has 0 bridgehead atoms. The van der Waals surface area contributed by atoms with Crippen molar-refractivity contribution < 1.29 is 19.3 Å². The first kappa shape index (κ1) is 14.0. The maximum Gasteiger partial charge on any atom is 0.274 e. The van der Waals surface area contributed by atoms with Gasteiger partial charge in [-0.25, -0.2) is 0 Å². The van der Waals surface area contributed by atoms with Gasteiger partial charge in [-0.3, -0.25) is 19.7 Å². The van der Waals surface area contributed by atoms with E-state index in [4.69, 9.17) is 0 Å². The zero-order chi connectivity index (χ0) is 14.8. The molecule has 0 N–H and O–H groups in total. The molecule has 6 nitrogen and oxygen atoms in total. The van der Waals surface area contributed by atoms with E-state index in [-0.39, 0.29) is 30.5 Å². The number of rotatable bonds is 4. The Kier molecular flexibility index (Phi) is 3.74. The topological polar surface area (TPSA) is 94.3 Å². The lowest BCUT2D eigenvalue weighted by molar-refractivity contribution is -0.385. The lowest BCUT2D eigenvalue weighted by atomic mass is 9.65. The molecule has 1 saturated carbocycles. The van der Waals surface area contributed by atoms with E-state index < -0.39 is 21.9 Å². The predicted octanol–water partition coefficient (Wildman–Crippen LogP) is 1.74. The third-order valence-corrected chi connectivity index (χ3v) is 3.71. The number of para-hydroxylation sites is 1. The number of ketones is 2. The van der Waals surface area contributed by atoms with Crippen LogP contribution in [0.15, 0.2) is 24.3 Å². The Morgan fingerprint density at radius 2 is 1.80 bits per heavy atom. The van der Waals surface area contributed by atoms with Gasteiger partial charge in [-0.05, 0) is 6.42 Å². The molecule has 104 valence electrons. The van der Waals surface area contributed by atoms with Gasteiger partial charge in [-0.2, -0.15) is 0 Å². The molecule has 0 heterocycles. The van der Waals surface area contributed by atoms with Crippen molar-refractivity contribution in [2.24, 2.45) is 0 Å². The van der Waals surface area contributed by atoms with Crippen LogP contribution < -0.4 is 0 Å². The number of hydrogen-bond acceptors (Lipinski definition) is 5. The Bertz CT molecular complexity index is 577. The Morgan fingerprint density at radius 3 is 2.35 bits per heavy atom. The smallest absolute Gasteiger partial charge is 0.274 e. The van der Waals surface area contributed by atoms with Gasteiger partial charge in [0.25, 0.3) is 5.69 Å². The highest BCUT2D eigenvalue weighted by Crippen LogP contribution is 2.40. The molecule has 1 aliphatic carbocycles. The highest BCUT2D eigenvalue weighted by Gasteiger charge is 2.50. The van der Waals surface area contributed by atoms with E-state index in [0.717, 1.165) is 0 Å². The molecule has 0 radical (unpaired) electrons. The van der Waals surface area contributed by atoms with Crippen LogP contribution in [-0.4, -0.2) is 22.8 Å². The number of nitro groups is 1. The van der Waals surface area contributed by atoms with Gasteiger partial charge in [-0.15, -0.1) is 0 Å². The fraction of sp³-hybridized carbons (Fsp3) is 0.357. The Morgan fingerprint density at radius 1 is 1.20 bits per heavy atom. The van der Waals surface area contributed by atoms with Crippen molar-refractivity contribution in [3.63, 3.8) is 0 Å². The number of Topliss-reactive ketones (excluding diaryl/α,β-unsaturated/α-hetero) is 2. The van der Waals surface area contributed by atoms with Crippen molar-refractivity contribution in [3.05, 3.63) is 39.9 Å². The van der Waals surface area contributed by atoms with Gasteiger partial charge in [-0.1, -0.05) is 18.2 Å². The molecular weight excluding hydrogens is 262 g/mol. The standard InChI is InChI=1S/C14H13NO5/c16-9-8-14(12(17)6-3-7-13(14)18)10-4-1-2-5-11(10)15(19)20/h1-2,4-5,9H,3,6-8H2. The Hall–Kier alpha value is -2.37. The second-order valence-corrected chi connectivity index (χ2v) is 4.75. The number of benzene rings is 1. The molecule has 0 spiro atoms. The SMILES string of the molecule is O=CCC1(c2ccccc2[N+](=O)[O-])C(=O)CCCC1=O. The van der Waals surface area contributed by atoms with Crippen LogP contribution in [0.25, 0.3) is 0 Å². The van der Waals surface area contributed by atoms with Crippen molar-refractivity contribution in [2.75, 3.05) is 0 Å². The minimum Gasteiger partial charge on any atom is -0.303 e. The van der Waals surface area contributed by atoms with Crippen LogP contribution >= 0.6 is 0 Å². The van der Waals surface area contributed by atoms with Crippen LogP contribution in [0.1, 0.15) is 31.2 Å². The van der Waals surface area contributed by atoms with E-state index in [1.165, 1.54) is 24.3 Å².